The van der Waals surface area contributed by atoms with Crippen LogP contribution in [0.3, 0.4) is 0 Å². The van der Waals surface area contributed by atoms with Gasteiger partial charge in [0, 0.05) is 68.4 Å². The quantitative estimate of drug-likeness (QED) is 0.0271. The summed E-state index contributed by atoms with van der Waals surface area (Å²) in [5.74, 6) is -2.60. The summed E-state index contributed by atoms with van der Waals surface area (Å²) in [4.78, 5) is 68.0. The molecule has 3 saturated heterocycles. The second-order valence-corrected chi connectivity index (χ2v) is 23.5. The minimum absolute atomic E-state index is 0.155. The van der Waals surface area contributed by atoms with E-state index in [1.807, 2.05) is 12.1 Å². The molecule has 0 aromatic heterocycles. The predicted molar refractivity (Wildman–Crippen MR) is 307 cm³/mol. The van der Waals surface area contributed by atoms with Crippen molar-refractivity contribution in [3.8, 4) is 0 Å². The van der Waals surface area contributed by atoms with Crippen LogP contribution in [0.25, 0.3) is 0 Å². The first-order valence-electron chi connectivity index (χ1n) is 31.6. The molecule has 1 spiro atoms. The van der Waals surface area contributed by atoms with Crippen LogP contribution in [0.5, 0.6) is 0 Å². The molecule has 3 fully saturated rings. The van der Waals surface area contributed by atoms with Crippen molar-refractivity contribution in [2.75, 3.05) is 32.9 Å². The smallest absolute Gasteiger partial charge is 0.462 e. The monoisotopic (exact) mass is 1090 g/mol. The number of hydrogen-bond donors (Lipinski definition) is 0. The number of carbonyl (C=O) groups excluding carboxylic acids is 5. The first kappa shape index (κ1) is 64.4. The number of benzene rings is 2. The van der Waals surface area contributed by atoms with Gasteiger partial charge in [-0.05, 0) is 12.8 Å². The zero-order chi connectivity index (χ0) is 55.5. The lowest BCUT2D eigenvalue weighted by molar-refractivity contribution is -0.956. The summed E-state index contributed by atoms with van der Waals surface area (Å²) in [5, 5.41) is 0. The third-order valence-electron chi connectivity index (χ3n) is 17.0. The Morgan fingerprint density at radius 2 is 0.910 bits per heavy atom. The first-order valence-corrected chi connectivity index (χ1v) is 31.6. The Bertz CT molecular complexity index is 1870. The van der Waals surface area contributed by atoms with Crippen LogP contribution in [0.15, 0.2) is 60.7 Å². The highest BCUT2D eigenvalue weighted by atomic mass is 16.7. The molecule has 3 unspecified atom stereocenters. The number of ether oxygens (including phenoxy) is 6. The fourth-order valence-corrected chi connectivity index (χ4v) is 12.6. The Labute approximate surface area is 471 Å². The van der Waals surface area contributed by atoms with Crippen LogP contribution < -0.4 is 0 Å². The molecule has 438 valence electrons. The van der Waals surface area contributed by atoms with Gasteiger partial charge in [-0.1, -0.05) is 236 Å². The Balaban J connectivity index is 1.09. The number of carbonyl (C=O) groups is 5. The minimum Gasteiger partial charge on any atom is -0.462 e. The largest absolute Gasteiger partial charge is 0.510 e. The van der Waals surface area contributed by atoms with E-state index in [-0.39, 0.29) is 57.1 Å². The van der Waals surface area contributed by atoms with E-state index in [1.54, 1.807) is 55.5 Å². The molecule has 0 amide bonds. The van der Waals surface area contributed by atoms with Crippen LogP contribution in [0.2, 0.25) is 0 Å². The van der Waals surface area contributed by atoms with Crippen molar-refractivity contribution in [1.82, 2.24) is 0 Å². The van der Waals surface area contributed by atoms with E-state index in [2.05, 4.69) is 13.8 Å². The average molecular weight is 1090 g/mol. The number of piperidine rings is 1. The molecule has 0 N–H and O–H groups in total. The number of esters is 4. The Morgan fingerprint density at radius 3 is 1.32 bits per heavy atom. The van der Waals surface area contributed by atoms with Crippen molar-refractivity contribution in [2.45, 2.75) is 275 Å². The van der Waals surface area contributed by atoms with Crippen molar-refractivity contribution in [3.05, 3.63) is 71.8 Å². The number of rotatable bonds is 42. The summed E-state index contributed by atoms with van der Waals surface area (Å²) in [6.45, 7) is 7.92. The highest BCUT2D eigenvalue weighted by Gasteiger charge is 2.57. The standard InChI is InChI=1S/C66H104NO11/c1-4-6-8-10-12-14-16-18-20-22-24-26-34-42-61(68)73-52-60(53-74-62(69)43-35-27-25-23-21-19-17-15-13-11-9-7-5-2)76-63(70)48-54(3)51-75-65(72)78-66(55-38-30-28-31-39-55,56-40-32-29-33-41-56)64(71)77-59-49-57-44-45-58(50-59)67(57)46-36-37-47-67/h28-33,38-41,54,57-60H,4-27,34-37,42-53H2,1-3H3/q+1. The maximum Gasteiger partial charge on any atom is 0.510 e. The van der Waals surface area contributed by atoms with Gasteiger partial charge in [-0.2, -0.15) is 0 Å². The van der Waals surface area contributed by atoms with Gasteiger partial charge in [-0.15, -0.1) is 0 Å². The van der Waals surface area contributed by atoms with Gasteiger partial charge < -0.3 is 32.9 Å². The maximum atomic E-state index is 14.8. The number of hydrogen-bond acceptors (Lipinski definition) is 11. The predicted octanol–water partition coefficient (Wildman–Crippen LogP) is 15.9. The van der Waals surface area contributed by atoms with Gasteiger partial charge in [-0.3, -0.25) is 14.4 Å². The number of quaternary nitrogens is 1. The molecule has 0 saturated carbocycles. The second kappa shape index (κ2) is 37.5. The van der Waals surface area contributed by atoms with E-state index < -0.39 is 35.7 Å². The van der Waals surface area contributed by atoms with Crippen LogP contribution in [0, 0.1) is 5.92 Å². The topological polar surface area (TPSA) is 141 Å². The van der Waals surface area contributed by atoms with E-state index >= 15 is 0 Å². The van der Waals surface area contributed by atoms with E-state index in [1.165, 1.54) is 142 Å². The molecule has 3 aliphatic heterocycles. The molecule has 3 heterocycles. The van der Waals surface area contributed by atoms with E-state index in [9.17, 15) is 24.0 Å². The van der Waals surface area contributed by atoms with Gasteiger partial charge in [0.15, 0.2) is 6.10 Å². The summed E-state index contributed by atoms with van der Waals surface area (Å²) in [7, 11) is 0. The fourth-order valence-electron chi connectivity index (χ4n) is 12.6. The van der Waals surface area contributed by atoms with Crippen molar-refractivity contribution < 1.29 is 56.9 Å². The normalized spacial score (nSPS) is 17.9. The van der Waals surface area contributed by atoms with Crippen molar-refractivity contribution in [1.29, 1.82) is 0 Å². The molecule has 0 aliphatic carbocycles. The van der Waals surface area contributed by atoms with Gasteiger partial charge in [0.05, 0.1) is 38.2 Å². The zero-order valence-electron chi connectivity index (χ0n) is 48.9. The molecule has 0 radical (unpaired) electrons. The van der Waals surface area contributed by atoms with Gasteiger partial charge in [0.1, 0.15) is 19.3 Å². The molecular formula is C66H104NO11+. The first-order chi connectivity index (χ1) is 38.1. The molecule has 3 atom stereocenters. The van der Waals surface area contributed by atoms with Crippen LogP contribution in [0.4, 0.5) is 4.79 Å². The van der Waals surface area contributed by atoms with Crippen LogP contribution >= 0.6 is 0 Å². The number of nitrogens with zero attached hydrogens (tertiary/aromatic N) is 1. The van der Waals surface area contributed by atoms with Crippen LogP contribution in [-0.2, 0) is 53.2 Å². The van der Waals surface area contributed by atoms with Crippen molar-refractivity contribution in [3.63, 3.8) is 0 Å². The number of unbranched alkanes of at least 4 members (excludes halogenated alkanes) is 24. The highest BCUT2D eigenvalue weighted by molar-refractivity contribution is 5.88. The summed E-state index contributed by atoms with van der Waals surface area (Å²) < 4.78 is 36.5. The molecule has 2 aromatic carbocycles. The van der Waals surface area contributed by atoms with Gasteiger partial charge in [0.2, 0.25) is 0 Å². The average Bonchev–Trinajstić information content (AvgIpc) is 4.05. The summed E-state index contributed by atoms with van der Waals surface area (Å²) >= 11 is 0. The molecule has 2 aromatic rings. The highest BCUT2D eigenvalue weighted by Crippen LogP contribution is 2.47. The van der Waals surface area contributed by atoms with E-state index in [4.69, 9.17) is 28.4 Å². The summed E-state index contributed by atoms with van der Waals surface area (Å²) in [5.41, 5.74) is -1.10. The van der Waals surface area contributed by atoms with Gasteiger partial charge in [0.25, 0.3) is 5.60 Å². The lowest BCUT2D eigenvalue weighted by Crippen LogP contribution is -2.60. The van der Waals surface area contributed by atoms with E-state index in [0.29, 0.717) is 23.2 Å². The fraction of sp³-hybridized carbons (Fsp3) is 0.742. The molecular weight excluding hydrogens is 983 g/mol. The van der Waals surface area contributed by atoms with Crippen molar-refractivity contribution >= 4 is 30.0 Å². The lowest BCUT2D eigenvalue weighted by Gasteiger charge is -2.47. The van der Waals surface area contributed by atoms with Gasteiger partial charge in [-0.25, -0.2) is 9.59 Å². The maximum absolute atomic E-state index is 14.8. The third kappa shape index (κ3) is 22.6. The van der Waals surface area contributed by atoms with Crippen LogP contribution in [0.1, 0.15) is 257 Å². The van der Waals surface area contributed by atoms with Crippen molar-refractivity contribution in [2.24, 2.45) is 5.92 Å². The molecule has 12 nitrogen and oxygen atoms in total. The summed E-state index contributed by atoms with van der Waals surface area (Å²) in [6, 6.07) is 18.8. The van der Waals surface area contributed by atoms with Gasteiger partial charge >= 0.3 is 30.0 Å². The SMILES string of the molecule is CCCCCCCCCCCCCCCC(=O)OCC(COC(=O)CCCCCCCCCCCCCCC)OC(=O)CC(C)COC(=O)OC(C(=O)OC1CC2CCC(C1)[N+]21CCCC1)(c1ccccc1)c1ccccc1. The molecule has 78 heavy (non-hydrogen) atoms. The minimum atomic E-state index is -1.96. The summed E-state index contributed by atoms with van der Waals surface area (Å²) in [6.07, 6.45) is 35.6. The van der Waals surface area contributed by atoms with E-state index in [0.717, 1.165) is 81.5 Å². The Kier molecular flexibility index (Phi) is 30.9. The Morgan fingerprint density at radius 1 is 0.513 bits per heavy atom. The third-order valence-corrected chi connectivity index (χ3v) is 17.0. The molecule has 5 rings (SSSR count). The zero-order valence-corrected chi connectivity index (χ0v) is 48.9. The lowest BCUT2D eigenvalue weighted by atomic mass is 9.85. The Hall–Kier alpha value is -4.45. The molecule has 3 aliphatic rings. The molecule has 12 heteroatoms. The van der Waals surface area contributed by atoms with Crippen LogP contribution in [-0.4, -0.2) is 91.7 Å². The second-order valence-electron chi connectivity index (χ2n) is 23.5. The molecule has 2 bridgehead atoms.